The van der Waals surface area contributed by atoms with Crippen LogP contribution in [-0.2, 0) is 28.6 Å². The summed E-state index contributed by atoms with van der Waals surface area (Å²) < 4.78 is 16.5. The van der Waals surface area contributed by atoms with Gasteiger partial charge in [-0.15, -0.1) is 0 Å². The molecule has 0 spiro atoms. The van der Waals surface area contributed by atoms with Crippen molar-refractivity contribution < 1.29 is 28.6 Å². The number of nitrogens with two attached hydrogens (primary N) is 1. The minimum absolute atomic E-state index is 0.257. The number of carbonyl (C=O) groups excluding carboxylic acids is 3. The van der Waals surface area contributed by atoms with E-state index in [2.05, 4.69) is 0 Å². The zero-order valence-corrected chi connectivity index (χ0v) is 13.7. The van der Waals surface area contributed by atoms with Crippen LogP contribution in [0.2, 0.25) is 0 Å². The van der Waals surface area contributed by atoms with Crippen molar-refractivity contribution in [2.24, 2.45) is 5.73 Å². The van der Waals surface area contributed by atoms with E-state index in [1.165, 1.54) is 0 Å². The van der Waals surface area contributed by atoms with Crippen LogP contribution in [-0.4, -0.2) is 64.0 Å². The number of carbonyl (C=O) groups is 3. The van der Waals surface area contributed by atoms with Gasteiger partial charge in [0.1, 0.15) is 18.9 Å². The maximum absolute atomic E-state index is 10.3. The van der Waals surface area contributed by atoms with Crippen molar-refractivity contribution in [3.8, 4) is 0 Å². The van der Waals surface area contributed by atoms with E-state index in [9.17, 15) is 14.4 Å². The molecule has 0 unspecified atom stereocenters. The Morgan fingerprint density at radius 1 is 0.652 bits per heavy atom. The van der Waals surface area contributed by atoms with Gasteiger partial charge in [0.25, 0.3) is 0 Å². The van der Waals surface area contributed by atoms with Crippen molar-refractivity contribution in [1.29, 1.82) is 0 Å². The minimum Gasteiger partial charge on any atom is -0.379 e. The smallest absolute Gasteiger partial charge is 0.120 e. The summed E-state index contributed by atoms with van der Waals surface area (Å²) in [6.07, 6.45) is 5.90. The number of unbranched alkanes of at least 4 members (excludes halogenated alkanes) is 3. The van der Waals surface area contributed by atoms with Crippen LogP contribution in [0.5, 0.6) is 0 Å². The van der Waals surface area contributed by atoms with Gasteiger partial charge < -0.3 is 34.3 Å². The number of rotatable bonds is 18. The molecule has 0 aromatic carbocycles. The highest BCUT2D eigenvalue weighted by molar-refractivity contribution is 5.49. The van der Waals surface area contributed by atoms with Crippen LogP contribution in [0.25, 0.3) is 0 Å². The highest BCUT2D eigenvalue weighted by Gasteiger charge is 2.26. The molecule has 0 aliphatic rings. The van der Waals surface area contributed by atoms with Crippen molar-refractivity contribution in [2.75, 3.05) is 39.6 Å². The van der Waals surface area contributed by atoms with Gasteiger partial charge in [-0.05, 0) is 19.3 Å². The highest BCUT2D eigenvalue weighted by atomic mass is 16.5. The first-order chi connectivity index (χ1) is 11.2. The summed E-state index contributed by atoms with van der Waals surface area (Å²) in [7, 11) is 0. The fourth-order valence-corrected chi connectivity index (χ4v) is 1.76. The van der Waals surface area contributed by atoms with Crippen molar-refractivity contribution >= 4 is 18.9 Å². The summed E-state index contributed by atoms with van der Waals surface area (Å²) >= 11 is 0. The van der Waals surface area contributed by atoms with Gasteiger partial charge in [-0.25, -0.2) is 0 Å². The Bertz CT molecular complexity index is 265. The van der Waals surface area contributed by atoms with Crippen LogP contribution in [0.4, 0.5) is 0 Å². The van der Waals surface area contributed by atoms with Crippen molar-refractivity contribution in [3.05, 3.63) is 0 Å². The molecule has 0 fully saturated rings. The largest absolute Gasteiger partial charge is 0.379 e. The summed E-state index contributed by atoms with van der Waals surface area (Å²) in [5.74, 6) is 0. The lowest BCUT2D eigenvalue weighted by Gasteiger charge is -2.29. The molecule has 23 heavy (non-hydrogen) atoms. The summed E-state index contributed by atoms with van der Waals surface area (Å²) in [6.45, 7) is 2.13. The van der Waals surface area contributed by atoms with Crippen LogP contribution in [0.3, 0.4) is 0 Å². The second kappa shape index (κ2) is 15.7. The molecule has 0 bridgehead atoms. The molecule has 0 amide bonds. The fraction of sp³-hybridized carbons (Fsp3) is 0.812. The van der Waals surface area contributed by atoms with Crippen molar-refractivity contribution in [2.45, 2.75) is 44.1 Å². The first kappa shape index (κ1) is 21.9. The van der Waals surface area contributed by atoms with E-state index in [0.717, 1.165) is 18.9 Å². The molecule has 0 saturated heterocycles. The molecule has 134 valence electrons. The molecule has 0 aromatic rings. The maximum atomic E-state index is 10.3. The Labute approximate surface area is 137 Å². The summed E-state index contributed by atoms with van der Waals surface area (Å²) in [5, 5.41) is 0. The molecule has 0 rings (SSSR count). The number of ether oxygens (including phenoxy) is 3. The zero-order chi connectivity index (χ0) is 17.2. The first-order valence-electron chi connectivity index (χ1n) is 8.01. The molecule has 2 N–H and O–H groups in total. The SMILES string of the molecule is NC(COCCCC=O)(COCCCC=O)COCCCC=O. The van der Waals surface area contributed by atoms with E-state index in [0.29, 0.717) is 58.3 Å². The van der Waals surface area contributed by atoms with Gasteiger partial charge in [-0.2, -0.15) is 0 Å². The summed E-state index contributed by atoms with van der Waals surface area (Å²) in [6, 6.07) is 0. The predicted octanol–water partition coefficient (Wildman–Crippen LogP) is 0.671. The zero-order valence-electron chi connectivity index (χ0n) is 13.7. The summed E-state index contributed by atoms with van der Waals surface area (Å²) in [4.78, 5) is 30.8. The standard InChI is InChI=1S/C16H29NO6/c17-16(13-21-10-4-1-7-18,14-22-11-5-2-8-19)15-23-12-6-3-9-20/h7-9H,1-6,10-15,17H2. The molecule has 7 nitrogen and oxygen atoms in total. The molecule has 0 atom stereocenters. The van der Waals surface area contributed by atoms with Gasteiger partial charge in [0, 0.05) is 39.1 Å². The molecule has 0 aliphatic heterocycles. The number of aldehydes is 3. The Morgan fingerprint density at radius 3 is 1.22 bits per heavy atom. The van der Waals surface area contributed by atoms with E-state index in [1.807, 2.05) is 0 Å². The Morgan fingerprint density at radius 2 is 0.957 bits per heavy atom. The Balaban J connectivity index is 4.07. The van der Waals surface area contributed by atoms with Gasteiger partial charge in [0.2, 0.25) is 0 Å². The van der Waals surface area contributed by atoms with Crippen molar-refractivity contribution in [3.63, 3.8) is 0 Å². The van der Waals surface area contributed by atoms with Crippen LogP contribution in [0, 0.1) is 0 Å². The quantitative estimate of drug-likeness (QED) is 0.291. The van der Waals surface area contributed by atoms with E-state index in [1.54, 1.807) is 0 Å². The van der Waals surface area contributed by atoms with Gasteiger partial charge >= 0.3 is 0 Å². The Hall–Kier alpha value is -1.15. The molecular formula is C16H29NO6. The second-order valence-electron chi connectivity index (χ2n) is 5.45. The molecule has 0 aromatic heterocycles. The molecule has 0 aliphatic carbocycles. The molecular weight excluding hydrogens is 302 g/mol. The van der Waals surface area contributed by atoms with Crippen LogP contribution in [0.15, 0.2) is 0 Å². The molecule has 0 radical (unpaired) electrons. The Kier molecular flexibility index (Phi) is 14.9. The average Bonchev–Trinajstić information content (AvgIpc) is 2.54. The van der Waals surface area contributed by atoms with Gasteiger partial charge in [-0.3, -0.25) is 0 Å². The topological polar surface area (TPSA) is 105 Å². The van der Waals surface area contributed by atoms with Crippen LogP contribution >= 0.6 is 0 Å². The van der Waals surface area contributed by atoms with E-state index in [4.69, 9.17) is 19.9 Å². The third-order valence-corrected chi connectivity index (χ3v) is 3.00. The predicted molar refractivity (Wildman–Crippen MR) is 85.3 cm³/mol. The lowest BCUT2D eigenvalue weighted by Crippen LogP contribution is -2.53. The third kappa shape index (κ3) is 14.2. The maximum Gasteiger partial charge on any atom is 0.120 e. The normalized spacial score (nSPS) is 11.3. The third-order valence-electron chi connectivity index (χ3n) is 3.00. The average molecular weight is 331 g/mol. The van der Waals surface area contributed by atoms with E-state index in [-0.39, 0.29) is 19.8 Å². The fourth-order valence-electron chi connectivity index (χ4n) is 1.76. The van der Waals surface area contributed by atoms with Crippen LogP contribution in [0.1, 0.15) is 38.5 Å². The van der Waals surface area contributed by atoms with E-state index < -0.39 is 5.54 Å². The first-order valence-corrected chi connectivity index (χ1v) is 8.01. The lowest BCUT2D eigenvalue weighted by molar-refractivity contribution is -0.108. The number of hydrogen-bond acceptors (Lipinski definition) is 7. The molecule has 0 heterocycles. The van der Waals surface area contributed by atoms with Gasteiger partial charge in [-0.1, -0.05) is 0 Å². The molecule has 7 heteroatoms. The minimum atomic E-state index is -0.788. The second-order valence-corrected chi connectivity index (χ2v) is 5.45. The number of hydrogen-bond donors (Lipinski definition) is 1. The van der Waals surface area contributed by atoms with E-state index >= 15 is 0 Å². The van der Waals surface area contributed by atoms with Gasteiger partial charge in [0.15, 0.2) is 0 Å². The summed E-state index contributed by atoms with van der Waals surface area (Å²) in [5.41, 5.74) is 5.47. The van der Waals surface area contributed by atoms with Crippen molar-refractivity contribution in [1.82, 2.24) is 0 Å². The highest BCUT2D eigenvalue weighted by Crippen LogP contribution is 2.06. The monoisotopic (exact) mass is 331 g/mol. The lowest BCUT2D eigenvalue weighted by atomic mass is 10.1. The van der Waals surface area contributed by atoms with Crippen LogP contribution < -0.4 is 5.73 Å². The molecule has 0 saturated carbocycles. The van der Waals surface area contributed by atoms with Gasteiger partial charge in [0.05, 0.1) is 25.4 Å².